The first-order valence-electron chi connectivity index (χ1n) is 4.84. The van der Waals surface area contributed by atoms with E-state index in [0.717, 1.165) is 6.20 Å². The van der Waals surface area contributed by atoms with Gasteiger partial charge in [-0.15, -0.1) is 0 Å². The number of aromatic amines is 1. The van der Waals surface area contributed by atoms with Crippen LogP contribution in [0.5, 0.6) is 0 Å². The summed E-state index contributed by atoms with van der Waals surface area (Å²) >= 11 is 0. The maximum atomic E-state index is 11.7. The van der Waals surface area contributed by atoms with Crippen molar-refractivity contribution in [2.45, 2.75) is 0 Å². The number of amides is 1. The summed E-state index contributed by atoms with van der Waals surface area (Å²) in [6.45, 7) is 0. The second-order valence-electron chi connectivity index (χ2n) is 3.77. The maximum absolute atomic E-state index is 11.7. The van der Waals surface area contributed by atoms with Gasteiger partial charge in [-0.05, 0) is 6.07 Å². The number of aromatic nitrogens is 2. The van der Waals surface area contributed by atoms with Crippen LogP contribution in [0.3, 0.4) is 0 Å². The highest BCUT2D eigenvalue weighted by Gasteiger charge is 2.14. The van der Waals surface area contributed by atoms with E-state index in [-0.39, 0.29) is 11.6 Å². The summed E-state index contributed by atoms with van der Waals surface area (Å²) in [6.07, 6.45) is 1.16. The van der Waals surface area contributed by atoms with Gasteiger partial charge in [0, 0.05) is 25.5 Å². The molecule has 1 amide bonds. The molecule has 7 nitrogen and oxygen atoms in total. The van der Waals surface area contributed by atoms with Gasteiger partial charge >= 0.3 is 0 Å². The molecule has 0 saturated carbocycles. The molecule has 0 fully saturated rings. The normalized spacial score (nSPS) is 10.5. The first kappa shape index (κ1) is 11.1. The number of pyridine rings is 1. The second kappa shape index (κ2) is 3.85. The Labute approximate surface area is 96.2 Å². The molecular formula is C10H10N4O3. The van der Waals surface area contributed by atoms with Crippen LogP contribution in [0.1, 0.15) is 10.5 Å². The van der Waals surface area contributed by atoms with Crippen LogP contribution in [0, 0.1) is 10.1 Å². The van der Waals surface area contributed by atoms with Gasteiger partial charge in [0.2, 0.25) is 0 Å². The Kier molecular flexibility index (Phi) is 2.51. The third-order valence-electron chi connectivity index (χ3n) is 2.30. The lowest BCUT2D eigenvalue weighted by atomic mass is 10.3. The molecule has 2 heterocycles. The molecule has 0 radical (unpaired) electrons. The lowest BCUT2D eigenvalue weighted by molar-refractivity contribution is -0.385. The SMILES string of the molecule is CN(C)C(=O)c1cc2cc([N+](=O)[O-])cnc2[nH]1. The fourth-order valence-corrected chi connectivity index (χ4v) is 1.46. The van der Waals surface area contributed by atoms with Crippen molar-refractivity contribution in [2.24, 2.45) is 0 Å². The highest BCUT2D eigenvalue weighted by atomic mass is 16.6. The molecule has 2 rings (SSSR count). The Morgan fingerprint density at radius 3 is 2.76 bits per heavy atom. The van der Waals surface area contributed by atoms with E-state index < -0.39 is 4.92 Å². The van der Waals surface area contributed by atoms with E-state index in [9.17, 15) is 14.9 Å². The van der Waals surface area contributed by atoms with Gasteiger partial charge in [0.05, 0.1) is 4.92 Å². The van der Waals surface area contributed by atoms with Crippen LogP contribution in [-0.2, 0) is 0 Å². The third-order valence-corrected chi connectivity index (χ3v) is 2.30. The zero-order valence-corrected chi connectivity index (χ0v) is 9.30. The quantitative estimate of drug-likeness (QED) is 0.623. The summed E-state index contributed by atoms with van der Waals surface area (Å²) in [7, 11) is 3.26. The van der Waals surface area contributed by atoms with Crippen molar-refractivity contribution >= 4 is 22.6 Å². The van der Waals surface area contributed by atoms with Crippen molar-refractivity contribution < 1.29 is 9.72 Å². The lowest BCUT2D eigenvalue weighted by Gasteiger charge is -2.07. The molecule has 17 heavy (non-hydrogen) atoms. The topological polar surface area (TPSA) is 92.1 Å². The fourth-order valence-electron chi connectivity index (χ4n) is 1.46. The van der Waals surface area contributed by atoms with Crippen molar-refractivity contribution in [1.29, 1.82) is 0 Å². The number of hydrogen-bond donors (Lipinski definition) is 1. The summed E-state index contributed by atoms with van der Waals surface area (Å²) in [5.74, 6) is -0.203. The predicted octanol–water partition coefficient (Wildman–Crippen LogP) is 1.17. The van der Waals surface area contributed by atoms with E-state index in [1.54, 1.807) is 20.2 Å². The molecule has 2 aromatic rings. The molecule has 1 N–H and O–H groups in total. The van der Waals surface area contributed by atoms with Gasteiger partial charge < -0.3 is 9.88 Å². The molecule has 0 aliphatic rings. The van der Waals surface area contributed by atoms with Crippen LogP contribution < -0.4 is 0 Å². The highest BCUT2D eigenvalue weighted by Crippen LogP contribution is 2.19. The van der Waals surface area contributed by atoms with E-state index in [1.165, 1.54) is 11.0 Å². The summed E-state index contributed by atoms with van der Waals surface area (Å²) < 4.78 is 0. The molecule has 2 aromatic heterocycles. The minimum atomic E-state index is -0.521. The molecule has 0 aliphatic carbocycles. The molecule has 0 atom stereocenters. The number of nitrogens with one attached hydrogen (secondary N) is 1. The minimum absolute atomic E-state index is 0.0969. The number of fused-ring (bicyclic) bond motifs is 1. The highest BCUT2D eigenvalue weighted by molar-refractivity contribution is 5.97. The smallest absolute Gasteiger partial charge is 0.288 e. The molecule has 0 aromatic carbocycles. The van der Waals surface area contributed by atoms with Gasteiger partial charge in [-0.2, -0.15) is 0 Å². The van der Waals surface area contributed by atoms with Crippen LogP contribution in [-0.4, -0.2) is 39.8 Å². The van der Waals surface area contributed by atoms with Crippen LogP contribution in [0.2, 0.25) is 0 Å². The van der Waals surface area contributed by atoms with Crippen molar-refractivity contribution in [2.75, 3.05) is 14.1 Å². The van der Waals surface area contributed by atoms with E-state index >= 15 is 0 Å². The number of rotatable bonds is 2. The zero-order chi connectivity index (χ0) is 12.6. The van der Waals surface area contributed by atoms with Gasteiger partial charge in [-0.25, -0.2) is 4.98 Å². The van der Waals surface area contributed by atoms with Gasteiger partial charge in [-0.3, -0.25) is 14.9 Å². The van der Waals surface area contributed by atoms with Crippen LogP contribution >= 0.6 is 0 Å². The van der Waals surface area contributed by atoms with Gasteiger partial charge in [0.15, 0.2) is 0 Å². The number of carbonyl (C=O) groups excluding carboxylic acids is 1. The number of hydrogen-bond acceptors (Lipinski definition) is 4. The Balaban J connectivity index is 2.51. The summed E-state index contributed by atoms with van der Waals surface area (Å²) in [4.78, 5) is 29.8. The van der Waals surface area contributed by atoms with E-state index in [1.807, 2.05) is 0 Å². The Morgan fingerprint density at radius 1 is 1.47 bits per heavy atom. The number of nitrogens with zero attached hydrogens (tertiary/aromatic N) is 3. The summed E-state index contributed by atoms with van der Waals surface area (Å²) in [5, 5.41) is 11.1. The molecular weight excluding hydrogens is 224 g/mol. The largest absolute Gasteiger partial charge is 0.344 e. The standard InChI is InChI=1S/C10H10N4O3/c1-13(2)10(15)8-4-6-3-7(14(16)17)5-11-9(6)12-8/h3-5H,1-2H3,(H,11,12). The zero-order valence-electron chi connectivity index (χ0n) is 9.30. The lowest BCUT2D eigenvalue weighted by Crippen LogP contribution is -2.21. The van der Waals surface area contributed by atoms with Crippen LogP contribution in [0.25, 0.3) is 11.0 Å². The first-order valence-corrected chi connectivity index (χ1v) is 4.84. The van der Waals surface area contributed by atoms with E-state index in [4.69, 9.17) is 0 Å². The summed E-state index contributed by atoms with van der Waals surface area (Å²) in [5.41, 5.74) is 0.721. The van der Waals surface area contributed by atoms with Crippen molar-refractivity contribution in [3.63, 3.8) is 0 Å². The van der Waals surface area contributed by atoms with Crippen LogP contribution in [0.4, 0.5) is 5.69 Å². The Bertz CT molecular complexity index is 603. The number of carbonyl (C=O) groups is 1. The molecule has 0 aliphatic heterocycles. The average Bonchev–Trinajstić information content (AvgIpc) is 2.69. The monoisotopic (exact) mass is 234 g/mol. The molecule has 0 bridgehead atoms. The van der Waals surface area contributed by atoms with Crippen molar-refractivity contribution in [1.82, 2.24) is 14.9 Å². The Morgan fingerprint density at radius 2 is 2.18 bits per heavy atom. The second-order valence-corrected chi connectivity index (χ2v) is 3.77. The Hall–Kier alpha value is -2.44. The van der Waals surface area contributed by atoms with Gasteiger partial charge in [0.1, 0.15) is 17.5 Å². The maximum Gasteiger partial charge on any atom is 0.288 e. The summed E-state index contributed by atoms with van der Waals surface area (Å²) in [6, 6.07) is 2.93. The average molecular weight is 234 g/mol. The predicted molar refractivity (Wildman–Crippen MR) is 60.8 cm³/mol. The molecule has 0 unspecified atom stereocenters. The van der Waals surface area contributed by atoms with E-state index in [2.05, 4.69) is 9.97 Å². The van der Waals surface area contributed by atoms with Crippen molar-refractivity contribution in [3.8, 4) is 0 Å². The molecule has 88 valence electrons. The van der Waals surface area contributed by atoms with Gasteiger partial charge in [-0.1, -0.05) is 0 Å². The van der Waals surface area contributed by atoms with Gasteiger partial charge in [0.25, 0.3) is 11.6 Å². The third kappa shape index (κ3) is 1.94. The van der Waals surface area contributed by atoms with Crippen LogP contribution in [0.15, 0.2) is 18.3 Å². The molecule has 7 heteroatoms. The first-order chi connectivity index (χ1) is 7.99. The molecule has 0 spiro atoms. The number of H-pyrrole nitrogens is 1. The van der Waals surface area contributed by atoms with E-state index in [0.29, 0.717) is 16.7 Å². The number of nitro groups is 1. The fraction of sp³-hybridized carbons (Fsp3) is 0.200. The van der Waals surface area contributed by atoms with Crippen molar-refractivity contribution in [3.05, 3.63) is 34.1 Å². The minimum Gasteiger partial charge on any atom is -0.344 e. The molecule has 0 saturated heterocycles.